The SMILES string of the molecule is CCn1c(CNC(=O)C=Cc2ccc(OC)c(OC)c2)nnc1SCC(=O)Nc1c(C)cc(Br)cc1C. The van der Waals surface area contributed by atoms with Crippen molar-refractivity contribution in [2.24, 2.45) is 0 Å². The number of ether oxygens (including phenoxy) is 2. The van der Waals surface area contributed by atoms with E-state index in [0.29, 0.717) is 29.0 Å². The Labute approximate surface area is 229 Å². The van der Waals surface area contributed by atoms with E-state index in [9.17, 15) is 9.59 Å². The van der Waals surface area contributed by atoms with Crippen molar-refractivity contribution >= 4 is 51.3 Å². The molecule has 0 spiro atoms. The Bertz CT molecular complexity index is 1290. The minimum Gasteiger partial charge on any atom is -0.493 e. The first-order valence-electron chi connectivity index (χ1n) is 11.5. The van der Waals surface area contributed by atoms with Crippen molar-refractivity contribution in [2.75, 3.05) is 25.3 Å². The molecular weight excluding hydrogens is 558 g/mol. The molecule has 3 aromatic rings. The summed E-state index contributed by atoms with van der Waals surface area (Å²) in [5.41, 5.74) is 3.59. The van der Waals surface area contributed by atoms with E-state index in [1.54, 1.807) is 32.4 Å². The third-order valence-electron chi connectivity index (χ3n) is 5.46. The number of rotatable bonds is 11. The molecule has 2 amide bonds. The number of amides is 2. The molecule has 0 saturated carbocycles. The Morgan fingerprint density at radius 2 is 1.78 bits per heavy atom. The molecule has 0 saturated heterocycles. The van der Waals surface area contributed by atoms with Crippen LogP contribution in [-0.2, 0) is 22.7 Å². The van der Waals surface area contributed by atoms with E-state index in [4.69, 9.17) is 9.47 Å². The fourth-order valence-electron chi connectivity index (χ4n) is 3.64. The van der Waals surface area contributed by atoms with Crippen LogP contribution in [0.15, 0.2) is 46.0 Å². The maximum absolute atomic E-state index is 12.6. The Morgan fingerprint density at radius 3 is 2.43 bits per heavy atom. The van der Waals surface area contributed by atoms with Crippen LogP contribution >= 0.6 is 27.7 Å². The number of nitrogens with one attached hydrogen (secondary N) is 2. The highest BCUT2D eigenvalue weighted by Crippen LogP contribution is 2.28. The number of nitrogens with zero attached hydrogens (tertiary/aromatic N) is 3. The van der Waals surface area contributed by atoms with E-state index in [1.807, 2.05) is 43.5 Å². The zero-order valence-electron chi connectivity index (χ0n) is 21.4. The van der Waals surface area contributed by atoms with Crippen LogP contribution in [-0.4, -0.2) is 46.6 Å². The maximum atomic E-state index is 12.6. The summed E-state index contributed by atoms with van der Waals surface area (Å²) in [4.78, 5) is 24.9. The number of aromatic nitrogens is 3. The van der Waals surface area contributed by atoms with Gasteiger partial charge < -0.3 is 24.7 Å². The van der Waals surface area contributed by atoms with Crippen LogP contribution in [0.1, 0.15) is 29.4 Å². The van der Waals surface area contributed by atoms with Gasteiger partial charge in [0.15, 0.2) is 22.5 Å². The third-order valence-corrected chi connectivity index (χ3v) is 6.88. The Kier molecular flexibility index (Phi) is 10.2. The first-order valence-corrected chi connectivity index (χ1v) is 13.3. The van der Waals surface area contributed by atoms with E-state index >= 15 is 0 Å². The molecule has 196 valence electrons. The highest BCUT2D eigenvalue weighted by molar-refractivity contribution is 9.10. The van der Waals surface area contributed by atoms with Crippen molar-refractivity contribution in [3.8, 4) is 11.5 Å². The maximum Gasteiger partial charge on any atom is 0.244 e. The first-order chi connectivity index (χ1) is 17.7. The highest BCUT2D eigenvalue weighted by atomic mass is 79.9. The van der Waals surface area contributed by atoms with Crippen molar-refractivity contribution in [1.29, 1.82) is 0 Å². The molecule has 9 nitrogen and oxygen atoms in total. The molecule has 0 atom stereocenters. The first kappa shape index (κ1) is 28.3. The summed E-state index contributed by atoms with van der Waals surface area (Å²) in [6.45, 7) is 6.69. The van der Waals surface area contributed by atoms with E-state index in [2.05, 4.69) is 36.8 Å². The molecule has 2 N–H and O–H groups in total. The van der Waals surface area contributed by atoms with Gasteiger partial charge in [0.2, 0.25) is 11.8 Å². The predicted molar refractivity (Wildman–Crippen MR) is 149 cm³/mol. The number of hydrogen-bond donors (Lipinski definition) is 2. The van der Waals surface area contributed by atoms with E-state index in [0.717, 1.165) is 26.9 Å². The van der Waals surface area contributed by atoms with Gasteiger partial charge in [-0.1, -0.05) is 33.8 Å². The molecule has 1 heterocycles. The smallest absolute Gasteiger partial charge is 0.244 e. The standard InChI is InChI=1S/C26H30BrN5O4S/c1-6-32-22(14-28-23(33)10-8-18-7-9-20(35-4)21(13-18)36-5)30-31-26(32)37-15-24(34)29-25-16(2)11-19(27)12-17(25)3/h7-13H,6,14-15H2,1-5H3,(H,28,33)(H,29,34). The number of carbonyl (C=O) groups excluding carboxylic acids is 2. The average molecular weight is 589 g/mol. The highest BCUT2D eigenvalue weighted by Gasteiger charge is 2.15. The minimum atomic E-state index is -0.269. The number of halogens is 1. The van der Waals surface area contributed by atoms with Crippen LogP contribution in [0.4, 0.5) is 5.69 Å². The molecule has 0 aliphatic rings. The Balaban J connectivity index is 1.56. The Morgan fingerprint density at radius 1 is 1.08 bits per heavy atom. The van der Waals surface area contributed by atoms with Gasteiger partial charge in [0.1, 0.15) is 0 Å². The topological polar surface area (TPSA) is 107 Å². The molecule has 0 aliphatic carbocycles. The number of thioether (sulfide) groups is 1. The minimum absolute atomic E-state index is 0.126. The molecule has 0 unspecified atom stereocenters. The molecule has 0 radical (unpaired) electrons. The van der Waals surface area contributed by atoms with Crippen LogP contribution in [0.2, 0.25) is 0 Å². The molecule has 1 aromatic heterocycles. The number of methoxy groups -OCH3 is 2. The molecule has 0 fully saturated rings. The number of carbonyl (C=O) groups is 2. The van der Waals surface area contributed by atoms with Gasteiger partial charge >= 0.3 is 0 Å². The number of anilines is 1. The van der Waals surface area contributed by atoms with Crippen molar-refractivity contribution in [3.63, 3.8) is 0 Å². The summed E-state index contributed by atoms with van der Waals surface area (Å²) in [7, 11) is 3.13. The number of hydrogen-bond acceptors (Lipinski definition) is 7. The van der Waals surface area contributed by atoms with E-state index < -0.39 is 0 Å². The van der Waals surface area contributed by atoms with Gasteiger partial charge in [-0.15, -0.1) is 10.2 Å². The van der Waals surface area contributed by atoms with Gasteiger partial charge in [-0.2, -0.15) is 0 Å². The second kappa shape index (κ2) is 13.3. The monoisotopic (exact) mass is 587 g/mol. The van der Waals surface area contributed by atoms with E-state index in [1.165, 1.54) is 17.8 Å². The van der Waals surface area contributed by atoms with Crippen molar-refractivity contribution in [2.45, 2.75) is 39.0 Å². The molecule has 0 aliphatic heterocycles. The molecule has 0 bridgehead atoms. The van der Waals surface area contributed by atoms with Gasteiger partial charge in [0.25, 0.3) is 0 Å². The third kappa shape index (κ3) is 7.59. The summed E-state index contributed by atoms with van der Waals surface area (Å²) in [6, 6.07) is 9.33. The largest absolute Gasteiger partial charge is 0.493 e. The lowest BCUT2D eigenvalue weighted by Gasteiger charge is -2.12. The van der Waals surface area contributed by atoms with Crippen molar-refractivity contribution < 1.29 is 19.1 Å². The number of aryl methyl sites for hydroxylation is 2. The normalized spacial score (nSPS) is 11.0. The van der Waals surface area contributed by atoms with Crippen LogP contribution in [0.3, 0.4) is 0 Å². The molecular formula is C26H30BrN5O4S. The molecule has 3 rings (SSSR count). The van der Waals surface area contributed by atoms with Crippen LogP contribution < -0.4 is 20.1 Å². The Hall–Kier alpha value is -3.31. The molecule has 11 heteroatoms. The van der Waals surface area contributed by atoms with Crippen LogP contribution in [0.5, 0.6) is 11.5 Å². The van der Waals surface area contributed by atoms with Gasteiger partial charge in [-0.05, 0) is 67.8 Å². The van der Waals surface area contributed by atoms with Crippen LogP contribution in [0.25, 0.3) is 6.08 Å². The zero-order valence-corrected chi connectivity index (χ0v) is 23.8. The van der Waals surface area contributed by atoms with Gasteiger partial charge in [0.05, 0.1) is 26.5 Å². The predicted octanol–water partition coefficient (Wildman–Crippen LogP) is 4.75. The van der Waals surface area contributed by atoms with Gasteiger partial charge in [0, 0.05) is 22.8 Å². The quantitative estimate of drug-likeness (QED) is 0.246. The van der Waals surface area contributed by atoms with Crippen molar-refractivity contribution in [1.82, 2.24) is 20.1 Å². The lowest BCUT2D eigenvalue weighted by Crippen LogP contribution is -2.22. The fraction of sp³-hybridized carbons (Fsp3) is 0.308. The van der Waals surface area contributed by atoms with Crippen molar-refractivity contribution in [3.05, 3.63) is 63.4 Å². The van der Waals surface area contributed by atoms with E-state index in [-0.39, 0.29) is 24.1 Å². The van der Waals surface area contributed by atoms with Gasteiger partial charge in [-0.3, -0.25) is 9.59 Å². The zero-order chi connectivity index (χ0) is 26.9. The lowest BCUT2D eigenvalue weighted by molar-refractivity contribution is -0.116. The summed E-state index contributed by atoms with van der Waals surface area (Å²) in [5.74, 6) is 1.61. The second-order valence-corrected chi connectivity index (χ2v) is 9.92. The average Bonchev–Trinajstić information content (AvgIpc) is 3.28. The molecule has 2 aromatic carbocycles. The summed E-state index contributed by atoms with van der Waals surface area (Å²) in [6.07, 6.45) is 3.14. The fourth-order valence-corrected chi connectivity index (χ4v) is 5.15. The summed E-state index contributed by atoms with van der Waals surface area (Å²) >= 11 is 4.77. The summed E-state index contributed by atoms with van der Waals surface area (Å²) < 4.78 is 13.4. The van der Waals surface area contributed by atoms with Crippen LogP contribution in [0, 0.1) is 13.8 Å². The number of benzene rings is 2. The van der Waals surface area contributed by atoms with Gasteiger partial charge in [-0.25, -0.2) is 0 Å². The summed E-state index contributed by atoms with van der Waals surface area (Å²) in [5, 5.41) is 14.8. The second-order valence-electron chi connectivity index (χ2n) is 8.06. The molecule has 37 heavy (non-hydrogen) atoms. The lowest BCUT2D eigenvalue weighted by atomic mass is 10.1.